The van der Waals surface area contributed by atoms with Gasteiger partial charge in [-0.15, -0.1) is 0 Å². The number of quaternary nitrogens is 1. The molecule has 2 aromatic carbocycles. The number of methoxy groups -OCH3 is 2. The molecule has 1 aliphatic rings. The Balaban J connectivity index is 1.54. The monoisotopic (exact) mass is 480 g/mol. The van der Waals surface area contributed by atoms with Crippen LogP contribution in [-0.2, 0) is 4.74 Å². The minimum Gasteiger partial charge on any atom is -0.496 e. The third-order valence-corrected chi connectivity index (χ3v) is 6.48. The molecule has 3 atom stereocenters. The van der Waals surface area contributed by atoms with Crippen LogP contribution in [0.4, 0.5) is 10.1 Å². The first kappa shape index (κ1) is 25.1. The predicted molar refractivity (Wildman–Crippen MR) is 126 cm³/mol. The number of nitrogen functional groups attached to an aromatic ring is 1. The zero-order valence-corrected chi connectivity index (χ0v) is 20.0. The van der Waals surface area contributed by atoms with Gasteiger partial charge in [0, 0.05) is 26.0 Å². The van der Waals surface area contributed by atoms with Gasteiger partial charge in [0.2, 0.25) is 0 Å². The standard InChI is InChI=1S/C24H31ClFN3O4/c1-29(10-4-12-33-17-7-5-16(26)6-8-17)11-9-21(23(15-29)32-3)28-24(30)18-13-19(25)20(27)14-22(18)31-2/h5-8,13-14,21,23H,4,9-12,15H2,1-3H3,(H2-,27,28,30)/p+1. The second-order valence-corrected chi connectivity index (χ2v) is 9.03. The highest BCUT2D eigenvalue weighted by Gasteiger charge is 2.38. The van der Waals surface area contributed by atoms with Crippen LogP contribution >= 0.6 is 11.6 Å². The first-order valence-corrected chi connectivity index (χ1v) is 11.3. The number of carbonyl (C=O) groups is 1. The Morgan fingerprint density at radius 1 is 1.27 bits per heavy atom. The van der Waals surface area contributed by atoms with Crippen molar-refractivity contribution < 1.29 is 27.9 Å². The highest BCUT2D eigenvalue weighted by atomic mass is 35.5. The minimum atomic E-state index is -0.279. The number of hydrogen-bond acceptors (Lipinski definition) is 5. The SMILES string of the molecule is COc1cc(N)c(Cl)cc1C(=O)NC1CC[N+](C)(CCCOc2ccc(F)cc2)CC1OC. The largest absolute Gasteiger partial charge is 0.496 e. The summed E-state index contributed by atoms with van der Waals surface area (Å²) in [6, 6.07) is 8.97. The number of nitrogens with one attached hydrogen (secondary N) is 1. The molecule has 0 saturated carbocycles. The van der Waals surface area contributed by atoms with Gasteiger partial charge in [-0.05, 0) is 30.3 Å². The molecule has 9 heteroatoms. The smallest absolute Gasteiger partial charge is 0.255 e. The molecule has 1 fully saturated rings. The van der Waals surface area contributed by atoms with E-state index in [0.717, 1.165) is 37.0 Å². The number of benzene rings is 2. The molecule has 3 N–H and O–H groups in total. The van der Waals surface area contributed by atoms with Crippen LogP contribution in [0, 0.1) is 5.82 Å². The Morgan fingerprint density at radius 2 is 2.00 bits per heavy atom. The molecule has 33 heavy (non-hydrogen) atoms. The van der Waals surface area contributed by atoms with Crippen molar-refractivity contribution in [2.24, 2.45) is 0 Å². The van der Waals surface area contributed by atoms with E-state index in [1.807, 2.05) is 0 Å². The highest BCUT2D eigenvalue weighted by Crippen LogP contribution is 2.29. The zero-order valence-electron chi connectivity index (χ0n) is 19.3. The van der Waals surface area contributed by atoms with Crippen LogP contribution in [-0.4, -0.2) is 70.0 Å². The van der Waals surface area contributed by atoms with Crippen LogP contribution in [0.2, 0.25) is 5.02 Å². The van der Waals surface area contributed by atoms with Crippen LogP contribution < -0.4 is 20.5 Å². The summed E-state index contributed by atoms with van der Waals surface area (Å²) in [7, 11) is 5.34. The van der Waals surface area contributed by atoms with Crippen molar-refractivity contribution in [1.29, 1.82) is 0 Å². The Hall–Kier alpha value is -2.55. The molecule has 0 spiro atoms. The lowest BCUT2D eigenvalue weighted by Crippen LogP contribution is -2.62. The number of rotatable bonds is 9. The number of piperidine rings is 1. The summed E-state index contributed by atoms with van der Waals surface area (Å²) in [6.07, 6.45) is 1.48. The Labute approximate surface area is 199 Å². The van der Waals surface area contributed by atoms with Gasteiger partial charge in [-0.25, -0.2) is 4.39 Å². The normalized spacial score (nSPS) is 22.6. The lowest BCUT2D eigenvalue weighted by molar-refractivity contribution is -0.917. The van der Waals surface area contributed by atoms with Crippen LogP contribution in [0.1, 0.15) is 23.2 Å². The van der Waals surface area contributed by atoms with E-state index in [0.29, 0.717) is 34.4 Å². The molecule has 1 amide bonds. The van der Waals surface area contributed by atoms with Crippen molar-refractivity contribution >= 4 is 23.2 Å². The molecule has 2 aromatic rings. The Bertz CT molecular complexity index is 959. The fraction of sp³-hybridized carbons (Fsp3) is 0.458. The Kier molecular flexibility index (Phi) is 8.40. The van der Waals surface area contributed by atoms with Gasteiger partial charge in [0.1, 0.15) is 30.0 Å². The molecule has 180 valence electrons. The predicted octanol–water partition coefficient (Wildman–Crippen LogP) is 3.50. The lowest BCUT2D eigenvalue weighted by atomic mass is 9.98. The maximum absolute atomic E-state index is 13.0. The number of anilines is 1. The van der Waals surface area contributed by atoms with Crippen LogP contribution in [0.15, 0.2) is 36.4 Å². The van der Waals surface area contributed by atoms with E-state index in [1.54, 1.807) is 25.3 Å². The molecule has 0 aliphatic carbocycles. The molecule has 1 saturated heterocycles. The van der Waals surface area contributed by atoms with Crippen molar-refractivity contribution in [1.82, 2.24) is 5.32 Å². The molecular weight excluding hydrogens is 449 g/mol. The summed E-state index contributed by atoms with van der Waals surface area (Å²) in [5.41, 5.74) is 6.52. The summed E-state index contributed by atoms with van der Waals surface area (Å²) in [4.78, 5) is 13.0. The van der Waals surface area contributed by atoms with Gasteiger partial charge in [-0.2, -0.15) is 0 Å². The number of ether oxygens (including phenoxy) is 3. The number of amides is 1. The number of hydrogen-bond donors (Lipinski definition) is 2. The molecule has 7 nitrogen and oxygen atoms in total. The van der Waals surface area contributed by atoms with Gasteiger partial charge in [-0.3, -0.25) is 4.79 Å². The third-order valence-electron chi connectivity index (χ3n) is 6.16. The number of likely N-dealkylation sites (N-methyl/N-ethyl adjacent to an activating group) is 1. The van der Waals surface area contributed by atoms with E-state index < -0.39 is 0 Å². The third kappa shape index (κ3) is 6.50. The fourth-order valence-corrected chi connectivity index (χ4v) is 4.39. The number of halogens is 2. The number of carbonyl (C=O) groups excluding carboxylic acids is 1. The molecule has 0 radical (unpaired) electrons. The van der Waals surface area contributed by atoms with Crippen molar-refractivity contribution in [3.8, 4) is 11.5 Å². The van der Waals surface area contributed by atoms with Crippen molar-refractivity contribution in [2.75, 3.05) is 53.2 Å². The molecule has 3 rings (SSSR count). The van der Waals surface area contributed by atoms with E-state index in [4.69, 9.17) is 31.5 Å². The van der Waals surface area contributed by atoms with Crippen molar-refractivity contribution in [2.45, 2.75) is 25.0 Å². The lowest BCUT2D eigenvalue weighted by Gasteiger charge is -2.44. The first-order chi connectivity index (χ1) is 15.7. The summed E-state index contributed by atoms with van der Waals surface area (Å²) in [5.74, 6) is 0.484. The first-order valence-electron chi connectivity index (χ1n) is 10.9. The number of nitrogens with zero attached hydrogens (tertiary/aromatic N) is 1. The fourth-order valence-electron chi connectivity index (χ4n) is 4.23. The summed E-state index contributed by atoms with van der Waals surface area (Å²) in [5, 5.41) is 3.39. The molecule has 1 aliphatic heterocycles. The van der Waals surface area contributed by atoms with Crippen LogP contribution in [0.25, 0.3) is 0 Å². The molecule has 1 heterocycles. The second kappa shape index (κ2) is 11.0. The van der Waals surface area contributed by atoms with Gasteiger partial charge >= 0.3 is 0 Å². The molecule has 0 aromatic heterocycles. The van der Waals surface area contributed by atoms with Gasteiger partial charge in [-0.1, -0.05) is 11.6 Å². The van der Waals surface area contributed by atoms with Gasteiger partial charge in [0.25, 0.3) is 5.91 Å². The van der Waals surface area contributed by atoms with Crippen LogP contribution in [0.3, 0.4) is 0 Å². The summed E-state index contributed by atoms with van der Waals surface area (Å²) >= 11 is 6.11. The zero-order chi connectivity index (χ0) is 24.0. The van der Waals surface area contributed by atoms with E-state index >= 15 is 0 Å². The second-order valence-electron chi connectivity index (χ2n) is 8.62. The molecule has 0 bridgehead atoms. The van der Waals surface area contributed by atoms with E-state index in [9.17, 15) is 9.18 Å². The van der Waals surface area contributed by atoms with Crippen molar-refractivity contribution in [3.63, 3.8) is 0 Å². The average Bonchev–Trinajstić information content (AvgIpc) is 2.80. The maximum atomic E-state index is 13.0. The van der Waals surface area contributed by atoms with Gasteiger partial charge in [0.15, 0.2) is 0 Å². The van der Waals surface area contributed by atoms with Gasteiger partial charge < -0.3 is 29.7 Å². The van der Waals surface area contributed by atoms with E-state index in [-0.39, 0.29) is 23.9 Å². The number of nitrogens with two attached hydrogens (primary N) is 1. The quantitative estimate of drug-likeness (QED) is 0.326. The van der Waals surface area contributed by atoms with E-state index in [1.165, 1.54) is 25.3 Å². The molecule has 3 unspecified atom stereocenters. The maximum Gasteiger partial charge on any atom is 0.255 e. The Morgan fingerprint density at radius 3 is 2.67 bits per heavy atom. The van der Waals surface area contributed by atoms with Gasteiger partial charge in [0.05, 0.1) is 56.2 Å². The van der Waals surface area contributed by atoms with Crippen LogP contribution in [0.5, 0.6) is 11.5 Å². The summed E-state index contributed by atoms with van der Waals surface area (Å²) in [6.45, 7) is 3.11. The van der Waals surface area contributed by atoms with Crippen molar-refractivity contribution in [3.05, 3.63) is 52.8 Å². The topological polar surface area (TPSA) is 82.8 Å². The average molecular weight is 481 g/mol. The summed E-state index contributed by atoms with van der Waals surface area (Å²) < 4.78 is 30.6. The minimum absolute atomic E-state index is 0.134. The molecular formula is C24H32ClFN3O4+. The van der Waals surface area contributed by atoms with E-state index in [2.05, 4.69) is 12.4 Å². The number of likely N-dealkylation sites (tertiary alicyclic amines) is 1. The highest BCUT2D eigenvalue weighted by molar-refractivity contribution is 6.33.